The zero-order valence-electron chi connectivity index (χ0n) is 11.9. The molecule has 15 heteroatoms. The van der Waals surface area contributed by atoms with Gasteiger partial charge in [-0.05, 0) is 6.42 Å². The van der Waals surface area contributed by atoms with Gasteiger partial charge in [0.1, 0.15) is 0 Å². The van der Waals surface area contributed by atoms with E-state index in [0.717, 1.165) is 6.42 Å². The second-order valence-electron chi connectivity index (χ2n) is 2.45. The molecule has 0 aromatic rings. The van der Waals surface area contributed by atoms with Crippen LogP contribution < -0.4 is 30.6 Å². The maximum Gasteiger partial charge on any atom is 3.00 e. The van der Waals surface area contributed by atoms with Crippen LogP contribution in [-0.4, -0.2) is 47.5 Å². The molecule has 13 nitrogen and oxygen atoms in total. The third kappa shape index (κ3) is 58.2. The van der Waals surface area contributed by atoms with Crippen LogP contribution in [0.1, 0.15) is 13.3 Å². The van der Waals surface area contributed by atoms with Gasteiger partial charge in [-0.1, -0.05) is 6.92 Å². The number of carboxylic acid groups (broad SMARTS) is 6. The zero-order valence-corrected chi connectivity index (χ0v) is 19.2. The van der Waals surface area contributed by atoms with Crippen LogP contribution in [0, 0.1) is 71.2 Å². The van der Waals surface area contributed by atoms with E-state index in [1.165, 1.54) is 0 Å². The summed E-state index contributed by atoms with van der Waals surface area (Å²) in [4.78, 5) is 53.6. The van der Waals surface area contributed by atoms with E-state index >= 15 is 0 Å². The average Bonchev–Trinajstić information content (AvgIpc) is 2.39. The van der Waals surface area contributed by atoms with E-state index in [4.69, 9.17) is 64.5 Å². The first-order valence-corrected chi connectivity index (χ1v) is 4.72. The summed E-state index contributed by atoms with van der Waals surface area (Å²) in [7, 11) is 0. The standard InChI is InChI=1S/C3H8O.3C2H2O4.2La/c1-2-3-4;3*3-1(4)2(5)6;;/h4H,2-3H2,1H3;3*(H,3,4)(H,5,6);;/q;;;;2*+3/p-6. The van der Waals surface area contributed by atoms with E-state index in [2.05, 4.69) is 0 Å². The minimum absolute atomic E-state index is 0. The number of hydrogen-bond donors (Lipinski definition) is 1. The molecular weight excluding hydrogens is 594 g/mol. The Labute approximate surface area is 189 Å². The van der Waals surface area contributed by atoms with Crippen molar-refractivity contribution in [3.8, 4) is 0 Å². The fraction of sp³-hybridized carbons (Fsp3) is 0.333. The molecule has 0 aliphatic carbocycles. The van der Waals surface area contributed by atoms with Crippen molar-refractivity contribution in [2.75, 3.05) is 6.61 Å². The van der Waals surface area contributed by atoms with Gasteiger partial charge in [-0.25, -0.2) is 0 Å². The molecule has 128 valence electrons. The molecule has 0 saturated heterocycles. The van der Waals surface area contributed by atoms with Gasteiger partial charge in [0.2, 0.25) is 0 Å². The van der Waals surface area contributed by atoms with Gasteiger partial charge < -0.3 is 64.5 Å². The molecule has 24 heavy (non-hydrogen) atoms. The molecule has 0 fully saturated rings. The van der Waals surface area contributed by atoms with Crippen LogP contribution in [0.3, 0.4) is 0 Å². The summed E-state index contributed by atoms with van der Waals surface area (Å²) in [5, 5.41) is 61.4. The number of aliphatic hydroxyl groups excluding tert-OH is 1. The summed E-state index contributed by atoms with van der Waals surface area (Å²) >= 11 is 0. The predicted molar refractivity (Wildman–Crippen MR) is 47.4 cm³/mol. The molecule has 0 atom stereocenters. The average molecular weight is 602 g/mol. The van der Waals surface area contributed by atoms with Gasteiger partial charge in [0.05, 0.1) is 35.8 Å². The fourth-order valence-electron chi connectivity index (χ4n) is 0. The molecule has 0 unspecified atom stereocenters. The van der Waals surface area contributed by atoms with Crippen molar-refractivity contribution in [1.82, 2.24) is 0 Å². The Balaban J connectivity index is -0.0000000442. The van der Waals surface area contributed by atoms with Crippen molar-refractivity contribution in [3.63, 3.8) is 0 Å². The van der Waals surface area contributed by atoms with E-state index in [1.807, 2.05) is 6.92 Å². The Morgan fingerprint density at radius 2 is 0.667 bits per heavy atom. The number of carbonyl (C=O) groups is 6. The largest absolute Gasteiger partial charge is 3.00 e. The summed E-state index contributed by atoms with van der Waals surface area (Å²) in [6.45, 7) is 2.25. The Kier molecular flexibility index (Phi) is 43.5. The Hall–Kier alpha value is -0.830. The van der Waals surface area contributed by atoms with Crippen LogP contribution in [0.25, 0.3) is 0 Å². The van der Waals surface area contributed by atoms with Crippen molar-refractivity contribution in [3.05, 3.63) is 0 Å². The van der Waals surface area contributed by atoms with Gasteiger partial charge in [-0.3, -0.25) is 0 Å². The van der Waals surface area contributed by atoms with Gasteiger partial charge >= 0.3 is 71.2 Å². The van der Waals surface area contributed by atoms with Crippen molar-refractivity contribution >= 4 is 35.8 Å². The molecule has 0 aliphatic heterocycles. The first kappa shape index (κ1) is 38.6. The molecule has 0 aromatic carbocycles. The van der Waals surface area contributed by atoms with E-state index in [-0.39, 0.29) is 71.2 Å². The number of rotatable bonds is 1. The van der Waals surface area contributed by atoms with Crippen LogP contribution in [0.5, 0.6) is 0 Å². The normalized spacial score (nSPS) is 6.75. The van der Waals surface area contributed by atoms with Crippen molar-refractivity contribution in [2.24, 2.45) is 0 Å². The third-order valence-corrected chi connectivity index (χ3v) is 0.724. The van der Waals surface area contributed by atoms with E-state index in [9.17, 15) is 0 Å². The quantitative estimate of drug-likeness (QED) is 0.274. The fourth-order valence-corrected chi connectivity index (χ4v) is 0. The van der Waals surface area contributed by atoms with Crippen LogP contribution in [0.4, 0.5) is 0 Å². The topological polar surface area (TPSA) is 261 Å². The number of hydrogen-bond acceptors (Lipinski definition) is 13. The van der Waals surface area contributed by atoms with Crippen LogP contribution in [0.2, 0.25) is 0 Å². The van der Waals surface area contributed by atoms with Crippen molar-refractivity contribution < 1.29 is 136 Å². The van der Waals surface area contributed by atoms with E-state index < -0.39 is 35.8 Å². The Bertz CT molecular complexity index is 311. The predicted octanol–water partition coefficient (Wildman–Crippen LogP) is -10.2. The smallest absolute Gasteiger partial charge is 0.543 e. The third-order valence-electron chi connectivity index (χ3n) is 0.724. The first-order chi connectivity index (χ1) is 9.84. The molecule has 0 saturated carbocycles. The van der Waals surface area contributed by atoms with Crippen LogP contribution in [0.15, 0.2) is 0 Å². The molecule has 0 aliphatic rings. The van der Waals surface area contributed by atoms with Gasteiger partial charge in [-0.15, -0.1) is 0 Å². The monoisotopic (exact) mass is 602 g/mol. The SMILES string of the molecule is CCCO.O=C([O-])C(=O)[O-].O=C([O-])C(=O)[O-].O=C([O-])C(=O)[O-].[La+3].[La+3]. The van der Waals surface area contributed by atoms with Crippen LogP contribution in [-0.2, 0) is 28.8 Å². The molecule has 0 heterocycles. The molecule has 0 rings (SSSR count). The van der Waals surface area contributed by atoms with E-state index in [0.29, 0.717) is 6.61 Å². The zero-order chi connectivity index (χ0) is 18.9. The van der Waals surface area contributed by atoms with Crippen molar-refractivity contribution in [2.45, 2.75) is 13.3 Å². The molecule has 0 radical (unpaired) electrons. The van der Waals surface area contributed by atoms with Gasteiger partial charge in [0.25, 0.3) is 0 Å². The summed E-state index contributed by atoms with van der Waals surface area (Å²) in [6, 6.07) is 0. The molecule has 0 bridgehead atoms. The molecule has 0 amide bonds. The van der Waals surface area contributed by atoms with Gasteiger partial charge in [0, 0.05) is 6.61 Å². The number of carboxylic acids is 6. The molecule has 0 aromatic heterocycles. The summed E-state index contributed by atoms with van der Waals surface area (Å²) in [5.74, 6) is -13.1. The summed E-state index contributed by atoms with van der Waals surface area (Å²) in [5.41, 5.74) is 0. The first-order valence-electron chi connectivity index (χ1n) is 4.72. The van der Waals surface area contributed by atoms with Gasteiger partial charge in [-0.2, -0.15) is 0 Å². The second-order valence-corrected chi connectivity index (χ2v) is 2.45. The van der Waals surface area contributed by atoms with Crippen molar-refractivity contribution in [1.29, 1.82) is 0 Å². The minimum atomic E-state index is -2.19. The minimum Gasteiger partial charge on any atom is -0.543 e. The molecule has 1 N–H and O–H groups in total. The maximum absolute atomic E-state index is 8.93. The van der Waals surface area contributed by atoms with Gasteiger partial charge in [0.15, 0.2) is 0 Å². The second kappa shape index (κ2) is 27.0. The number of aliphatic hydroxyl groups is 1. The van der Waals surface area contributed by atoms with Crippen LogP contribution >= 0.6 is 0 Å². The number of aliphatic carboxylic acids is 6. The summed E-state index contributed by atoms with van der Waals surface area (Å²) in [6.07, 6.45) is 0.875. The molecular formula is C9H8La2O13. The molecule has 0 spiro atoms. The Morgan fingerprint density at radius 1 is 0.583 bits per heavy atom. The Morgan fingerprint density at radius 3 is 0.667 bits per heavy atom. The van der Waals surface area contributed by atoms with E-state index in [1.54, 1.807) is 0 Å². The summed E-state index contributed by atoms with van der Waals surface area (Å²) < 4.78 is 0. The maximum atomic E-state index is 8.93. The number of carbonyl (C=O) groups excluding carboxylic acids is 6.